The third-order valence-corrected chi connectivity index (χ3v) is 3.07. The van der Waals surface area contributed by atoms with Crippen LogP contribution in [0.1, 0.15) is 19.3 Å². The molecule has 5 heteroatoms. The van der Waals surface area contributed by atoms with E-state index in [1.807, 2.05) is 0 Å². The van der Waals surface area contributed by atoms with Crippen molar-refractivity contribution in [2.24, 2.45) is 11.8 Å². The van der Waals surface area contributed by atoms with Crippen LogP contribution in [0.15, 0.2) is 0 Å². The van der Waals surface area contributed by atoms with E-state index in [1.54, 1.807) is 0 Å². The molecule has 1 aliphatic heterocycles. The largest absolute Gasteiger partial charge is 0.465 e. The van der Waals surface area contributed by atoms with Gasteiger partial charge in [0.15, 0.2) is 0 Å². The molecule has 1 amide bonds. The van der Waals surface area contributed by atoms with Crippen LogP contribution in [0.3, 0.4) is 0 Å². The summed E-state index contributed by atoms with van der Waals surface area (Å²) in [4.78, 5) is 12.1. The third kappa shape index (κ3) is 3.68. The Hall–Kier alpha value is -0.810. The van der Waals surface area contributed by atoms with E-state index in [0.29, 0.717) is 19.0 Å². The molecule has 0 bridgehead atoms. The molecule has 1 heterocycles. The van der Waals surface area contributed by atoms with Crippen molar-refractivity contribution < 1.29 is 20.1 Å². The molecule has 5 nitrogen and oxygen atoms in total. The SMILES string of the molecule is O=C(O)N1CCC(CC(CO)CO)CC1. The summed E-state index contributed by atoms with van der Waals surface area (Å²) in [7, 11) is 0. The highest BCUT2D eigenvalue weighted by Gasteiger charge is 2.24. The number of piperidine rings is 1. The smallest absolute Gasteiger partial charge is 0.407 e. The topological polar surface area (TPSA) is 81.0 Å². The molecule has 0 radical (unpaired) electrons. The molecular weight excluding hydrogens is 198 g/mol. The Balaban J connectivity index is 2.28. The Bertz CT molecular complexity index is 198. The molecule has 1 rings (SSSR count). The van der Waals surface area contributed by atoms with Crippen molar-refractivity contribution in [3.05, 3.63) is 0 Å². The second-order valence-electron chi connectivity index (χ2n) is 4.18. The summed E-state index contributed by atoms with van der Waals surface area (Å²) in [6.45, 7) is 1.17. The summed E-state index contributed by atoms with van der Waals surface area (Å²) < 4.78 is 0. The maximum absolute atomic E-state index is 10.6. The molecule has 0 spiro atoms. The number of hydrogen-bond acceptors (Lipinski definition) is 3. The van der Waals surface area contributed by atoms with Gasteiger partial charge in [-0.05, 0) is 25.2 Å². The van der Waals surface area contributed by atoms with E-state index in [2.05, 4.69) is 0 Å². The Kier molecular flexibility index (Phi) is 4.84. The van der Waals surface area contributed by atoms with Gasteiger partial charge in [-0.15, -0.1) is 0 Å². The van der Waals surface area contributed by atoms with E-state index in [9.17, 15) is 4.79 Å². The zero-order valence-electron chi connectivity index (χ0n) is 8.80. The monoisotopic (exact) mass is 217 g/mol. The summed E-state index contributed by atoms with van der Waals surface area (Å²) in [5.41, 5.74) is 0. The van der Waals surface area contributed by atoms with Crippen molar-refractivity contribution >= 4 is 6.09 Å². The van der Waals surface area contributed by atoms with Crippen LogP contribution >= 0.6 is 0 Å². The second kappa shape index (κ2) is 5.92. The first kappa shape index (κ1) is 12.3. The van der Waals surface area contributed by atoms with Gasteiger partial charge in [0, 0.05) is 32.2 Å². The van der Waals surface area contributed by atoms with E-state index in [4.69, 9.17) is 15.3 Å². The quantitative estimate of drug-likeness (QED) is 0.635. The predicted octanol–water partition coefficient (Wildman–Crippen LogP) is 0.367. The first-order valence-corrected chi connectivity index (χ1v) is 5.37. The van der Waals surface area contributed by atoms with Gasteiger partial charge in [0.2, 0.25) is 0 Å². The van der Waals surface area contributed by atoms with Crippen molar-refractivity contribution in [1.29, 1.82) is 0 Å². The molecular formula is C10H19NO4. The van der Waals surface area contributed by atoms with Crippen molar-refractivity contribution in [3.63, 3.8) is 0 Å². The molecule has 1 saturated heterocycles. The summed E-state index contributed by atoms with van der Waals surface area (Å²) in [6, 6.07) is 0. The number of likely N-dealkylation sites (tertiary alicyclic amines) is 1. The minimum Gasteiger partial charge on any atom is -0.465 e. The number of carbonyl (C=O) groups is 1. The van der Waals surface area contributed by atoms with Crippen LogP contribution in [-0.4, -0.2) is 52.6 Å². The van der Waals surface area contributed by atoms with Gasteiger partial charge in [-0.25, -0.2) is 4.79 Å². The zero-order valence-corrected chi connectivity index (χ0v) is 8.80. The average molecular weight is 217 g/mol. The number of rotatable bonds is 4. The van der Waals surface area contributed by atoms with Gasteiger partial charge in [-0.2, -0.15) is 0 Å². The number of aliphatic hydroxyl groups is 2. The van der Waals surface area contributed by atoms with Crippen LogP contribution in [-0.2, 0) is 0 Å². The molecule has 0 aliphatic carbocycles. The maximum atomic E-state index is 10.6. The highest BCUT2D eigenvalue weighted by Crippen LogP contribution is 2.24. The van der Waals surface area contributed by atoms with Gasteiger partial charge < -0.3 is 20.2 Å². The first-order valence-electron chi connectivity index (χ1n) is 5.37. The van der Waals surface area contributed by atoms with Crippen molar-refractivity contribution in [2.75, 3.05) is 26.3 Å². The van der Waals surface area contributed by atoms with Crippen LogP contribution in [0.5, 0.6) is 0 Å². The summed E-state index contributed by atoms with van der Waals surface area (Å²) in [6.07, 6.45) is 1.61. The molecule has 0 unspecified atom stereocenters. The highest BCUT2D eigenvalue weighted by molar-refractivity contribution is 5.64. The zero-order chi connectivity index (χ0) is 11.3. The Morgan fingerprint density at radius 1 is 1.27 bits per heavy atom. The molecule has 1 fully saturated rings. The molecule has 0 aromatic rings. The minimum absolute atomic E-state index is 0.00957. The molecule has 15 heavy (non-hydrogen) atoms. The van der Waals surface area contributed by atoms with Crippen LogP contribution in [0.2, 0.25) is 0 Å². The van der Waals surface area contributed by atoms with Crippen LogP contribution in [0.4, 0.5) is 4.79 Å². The van der Waals surface area contributed by atoms with E-state index in [1.165, 1.54) is 4.90 Å². The number of hydrogen-bond donors (Lipinski definition) is 3. The average Bonchev–Trinajstić information content (AvgIpc) is 2.26. The van der Waals surface area contributed by atoms with E-state index in [-0.39, 0.29) is 19.1 Å². The fourth-order valence-corrected chi connectivity index (χ4v) is 2.04. The number of nitrogens with zero attached hydrogens (tertiary/aromatic N) is 1. The molecule has 0 saturated carbocycles. The molecule has 0 atom stereocenters. The summed E-state index contributed by atoms with van der Waals surface area (Å²) in [5, 5.41) is 26.6. The normalized spacial score (nSPS) is 18.5. The number of amides is 1. The van der Waals surface area contributed by atoms with Gasteiger partial charge in [0.25, 0.3) is 0 Å². The van der Waals surface area contributed by atoms with Crippen LogP contribution in [0, 0.1) is 11.8 Å². The van der Waals surface area contributed by atoms with Gasteiger partial charge in [0.05, 0.1) is 0 Å². The standard InChI is InChI=1S/C10H19NO4/c12-6-9(7-13)5-8-1-3-11(4-2-8)10(14)15/h8-9,12-13H,1-7H2,(H,14,15). The predicted molar refractivity (Wildman–Crippen MR) is 54.6 cm³/mol. The fourth-order valence-electron chi connectivity index (χ4n) is 2.04. The van der Waals surface area contributed by atoms with Gasteiger partial charge in [0.1, 0.15) is 0 Å². The van der Waals surface area contributed by atoms with Crippen molar-refractivity contribution in [3.8, 4) is 0 Å². The van der Waals surface area contributed by atoms with E-state index >= 15 is 0 Å². The number of aliphatic hydroxyl groups excluding tert-OH is 2. The van der Waals surface area contributed by atoms with Crippen molar-refractivity contribution in [1.82, 2.24) is 4.90 Å². The second-order valence-corrected chi connectivity index (χ2v) is 4.18. The van der Waals surface area contributed by atoms with Gasteiger partial charge in [-0.3, -0.25) is 0 Å². The summed E-state index contributed by atoms with van der Waals surface area (Å²) >= 11 is 0. The summed E-state index contributed by atoms with van der Waals surface area (Å²) in [5.74, 6) is 0.385. The third-order valence-electron chi connectivity index (χ3n) is 3.07. The lowest BCUT2D eigenvalue weighted by Crippen LogP contribution is -2.38. The van der Waals surface area contributed by atoms with E-state index < -0.39 is 6.09 Å². The molecule has 0 aromatic heterocycles. The first-order chi connectivity index (χ1) is 7.17. The molecule has 88 valence electrons. The van der Waals surface area contributed by atoms with E-state index in [0.717, 1.165) is 19.3 Å². The maximum Gasteiger partial charge on any atom is 0.407 e. The lowest BCUT2D eigenvalue weighted by atomic mass is 9.88. The molecule has 0 aromatic carbocycles. The molecule has 3 N–H and O–H groups in total. The Labute approximate surface area is 89.3 Å². The Morgan fingerprint density at radius 3 is 2.20 bits per heavy atom. The molecule has 1 aliphatic rings. The minimum atomic E-state index is -0.852. The lowest BCUT2D eigenvalue weighted by molar-refractivity contribution is 0.0974. The van der Waals surface area contributed by atoms with Crippen LogP contribution in [0.25, 0.3) is 0 Å². The lowest BCUT2D eigenvalue weighted by Gasteiger charge is -2.31. The van der Waals surface area contributed by atoms with Crippen molar-refractivity contribution in [2.45, 2.75) is 19.3 Å². The fraction of sp³-hybridized carbons (Fsp3) is 0.900. The number of carboxylic acid groups (broad SMARTS) is 1. The van der Waals surface area contributed by atoms with Gasteiger partial charge in [-0.1, -0.05) is 0 Å². The highest BCUT2D eigenvalue weighted by atomic mass is 16.4. The van der Waals surface area contributed by atoms with Gasteiger partial charge >= 0.3 is 6.09 Å². The van der Waals surface area contributed by atoms with Crippen LogP contribution < -0.4 is 0 Å². The Morgan fingerprint density at radius 2 is 1.80 bits per heavy atom.